The van der Waals surface area contributed by atoms with Crippen LogP contribution in [0, 0.1) is 0 Å². The van der Waals surface area contributed by atoms with Gasteiger partial charge in [0.05, 0.1) is 23.5 Å². The molecule has 1 aromatic rings. The molecular formula is C10H17ClN2O2. The van der Waals surface area contributed by atoms with Crippen molar-refractivity contribution in [3.05, 3.63) is 16.9 Å². The number of rotatable bonds is 5. The molecule has 1 rings (SSSR count). The molecule has 0 aromatic carbocycles. The molecule has 0 aliphatic carbocycles. The molecule has 0 radical (unpaired) electrons. The number of aryl methyl sites for hydroxylation is 1. The van der Waals surface area contributed by atoms with Gasteiger partial charge in [0.1, 0.15) is 5.60 Å². The quantitative estimate of drug-likeness (QED) is 0.842. The Labute approximate surface area is 94.8 Å². The van der Waals surface area contributed by atoms with Crippen molar-refractivity contribution >= 4 is 11.6 Å². The molecule has 1 heterocycles. The number of aliphatic hydroxyl groups is 1. The summed E-state index contributed by atoms with van der Waals surface area (Å²) in [5.74, 6) is 0. The molecule has 86 valence electrons. The third-order valence-electron chi connectivity index (χ3n) is 2.50. The molecular weight excluding hydrogens is 216 g/mol. The van der Waals surface area contributed by atoms with Gasteiger partial charge in [-0.3, -0.25) is 4.68 Å². The van der Waals surface area contributed by atoms with Gasteiger partial charge in [-0.15, -0.1) is 0 Å². The Morgan fingerprint density at radius 3 is 2.73 bits per heavy atom. The second kappa shape index (κ2) is 4.96. The molecule has 0 saturated carbocycles. The van der Waals surface area contributed by atoms with Crippen LogP contribution < -0.4 is 0 Å². The Hall–Kier alpha value is -0.580. The normalized spacial score (nSPS) is 15.3. The van der Waals surface area contributed by atoms with Crippen LogP contribution in [0.25, 0.3) is 0 Å². The Morgan fingerprint density at radius 1 is 1.60 bits per heavy atom. The minimum atomic E-state index is -1.06. The van der Waals surface area contributed by atoms with Crippen LogP contribution >= 0.6 is 11.6 Å². The predicted molar refractivity (Wildman–Crippen MR) is 59.0 cm³/mol. The highest BCUT2D eigenvalue weighted by Crippen LogP contribution is 2.31. The highest BCUT2D eigenvalue weighted by atomic mass is 35.5. The number of hydrogen-bond donors (Lipinski definition) is 1. The number of aromatic nitrogens is 2. The van der Waals surface area contributed by atoms with Crippen molar-refractivity contribution in [2.45, 2.75) is 32.4 Å². The second-order valence-electron chi connectivity index (χ2n) is 3.48. The van der Waals surface area contributed by atoms with Crippen molar-refractivity contribution < 1.29 is 9.84 Å². The van der Waals surface area contributed by atoms with Crippen molar-refractivity contribution in [1.29, 1.82) is 0 Å². The maximum absolute atomic E-state index is 10.4. The molecule has 0 saturated heterocycles. The van der Waals surface area contributed by atoms with E-state index in [0.717, 1.165) is 0 Å². The van der Waals surface area contributed by atoms with Crippen molar-refractivity contribution in [3.63, 3.8) is 0 Å². The molecule has 1 N–H and O–H groups in total. The van der Waals surface area contributed by atoms with E-state index in [1.165, 1.54) is 0 Å². The van der Waals surface area contributed by atoms with Gasteiger partial charge in [0.25, 0.3) is 0 Å². The molecule has 5 heteroatoms. The summed E-state index contributed by atoms with van der Waals surface area (Å²) >= 11 is 6.02. The highest BCUT2D eigenvalue weighted by Gasteiger charge is 2.33. The monoisotopic (exact) mass is 232 g/mol. The molecule has 1 aromatic heterocycles. The highest BCUT2D eigenvalue weighted by molar-refractivity contribution is 6.31. The SMILES string of the molecule is CCn1ncc(Cl)c1C(O)(CC)COC. The summed E-state index contributed by atoms with van der Waals surface area (Å²) in [6.07, 6.45) is 2.09. The van der Waals surface area contributed by atoms with Crippen LogP contribution in [-0.4, -0.2) is 28.6 Å². The largest absolute Gasteiger partial charge is 0.381 e. The first-order valence-corrected chi connectivity index (χ1v) is 5.40. The van der Waals surface area contributed by atoms with Gasteiger partial charge in [0.2, 0.25) is 0 Å². The summed E-state index contributed by atoms with van der Waals surface area (Å²) in [6, 6.07) is 0. The minimum Gasteiger partial charge on any atom is -0.381 e. The van der Waals surface area contributed by atoms with Crippen molar-refractivity contribution in [3.8, 4) is 0 Å². The van der Waals surface area contributed by atoms with Crippen LogP contribution in [-0.2, 0) is 16.9 Å². The van der Waals surface area contributed by atoms with Crippen LogP contribution in [0.1, 0.15) is 26.0 Å². The standard InChI is InChI=1S/C10H17ClN2O2/c1-4-10(14,7-15-3)9-8(11)6-12-13(9)5-2/h6,14H,4-5,7H2,1-3H3. The Balaban J connectivity index is 3.15. The lowest BCUT2D eigenvalue weighted by atomic mass is 9.97. The zero-order chi connectivity index (χ0) is 11.5. The van der Waals surface area contributed by atoms with Gasteiger partial charge in [0.15, 0.2) is 0 Å². The molecule has 4 nitrogen and oxygen atoms in total. The average Bonchev–Trinajstić information content (AvgIpc) is 2.60. The van der Waals surface area contributed by atoms with Crippen LogP contribution in [0.3, 0.4) is 0 Å². The lowest BCUT2D eigenvalue weighted by Gasteiger charge is -2.27. The molecule has 0 aliphatic rings. The molecule has 1 unspecified atom stereocenters. The summed E-state index contributed by atoms with van der Waals surface area (Å²) in [5, 5.41) is 15.0. The first-order chi connectivity index (χ1) is 7.09. The summed E-state index contributed by atoms with van der Waals surface area (Å²) in [5.41, 5.74) is -0.422. The van der Waals surface area contributed by atoms with Crippen LogP contribution in [0.2, 0.25) is 5.02 Å². The minimum absolute atomic E-state index is 0.217. The number of nitrogens with zero attached hydrogens (tertiary/aromatic N) is 2. The number of halogens is 1. The van der Waals surface area contributed by atoms with Gasteiger partial charge in [-0.1, -0.05) is 18.5 Å². The Bertz CT molecular complexity index is 327. The first-order valence-electron chi connectivity index (χ1n) is 5.02. The van der Waals surface area contributed by atoms with Crippen molar-refractivity contribution in [1.82, 2.24) is 9.78 Å². The van der Waals surface area contributed by atoms with Gasteiger partial charge in [-0.2, -0.15) is 5.10 Å². The molecule has 0 spiro atoms. The van der Waals surface area contributed by atoms with Crippen LogP contribution in [0.4, 0.5) is 0 Å². The molecule has 1 atom stereocenters. The van der Waals surface area contributed by atoms with E-state index in [1.807, 2.05) is 13.8 Å². The average molecular weight is 233 g/mol. The third-order valence-corrected chi connectivity index (χ3v) is 2.78. The van der Waals surface area contributed by atoms with Gasteiger partial charge >= 0.3 is 0 Å². The van der Waals surface area contributed by atoms with E-state index < -0.39 is 5.60 Å². The lowest BCUT2D eigenvalue weighted by Crippen LogP contribution is -2.33. The Kier molecular flexibility index (Phi) is 4.13. The fourth-order valence-electron chi connectivity index (χ4n) is 1.64. The first kappa shape index (κ1) is 12.5. The van der Waals surface area contributed by atoms with E-state index >= 15 is 0 Å². The summed E-state index contributed by atoms with van der Waals surface area (Å²) in [4.78, 5) is 0. The zero-order valence-electron chi connectivity index (χ0n) is 9.33. The van der Waals surface area contributed by atoms with E-state index in [1.54, 1.807) is 18.0 Å². The van der Waals surface area contributed by atoms with E-state index in [2.05, 4.69) is 5.10 Å². The molecule has 0 amide bonds. The number of ether oxygens (including phenoxy) is 1. The van der Waals surface area contributed by atoms with Crippen LogP contribution in [0.5, 0.6) is 0 Å². The van der Waals surface area contributed by atoms with E-state index in [0.29, 0.717) is 23.7 Å². The Morgan fingerprint density at radius 2 is 2.27 bits per heavy atom. The van der Waals surface area contributed by atoms with Crippen molar-refractivity contribution in [2.24, 2.45) is 0 Å². The van der Waals surface area contributed by atoms with E-state index in [9.17, 15) is 5.11 Å². The fourth-order valence-corrected chi connectivity index (χ4v) is 1.96. The van der Waals surface area contributed by atoms with E-state index in [4.69, 9.17) is 16.3 Å². The summed E-state index contributed by atoms with van der Waals surface area (Å²) < 4.78 is 6.73. The van der Waals surface area contributed by atoms with Crippen molar-refractivity contribution in [2.75, 3.05) is 13.7 Å². The molecule has 0 fully saturated rings. The summed E-state index contributed by atoms with van der Waals surface area (Å²) in [7, 11) is 1.56. The fraction of sp³-hybridized carbons (Fsp3) is 0.700. The lowest BCUT2D eigenvalue weighted by molar-refractivity contribution is -0.0447. The van der Waals surface area contributed by atoms with Gasteiger partial charge in [0, 0.05) is 13.7 Å². The maximum atomic E-state index is 10.4. The topological polar surface area (TPSA) is 47.3 Å². The van der Waals surface area contributed by atoms with Gasteiger partial charge in [-0.05, 0) is 13.3 Å². The second-order valence-corrected chi connectivity index (χ2v) is 3.88. The van der Waals surface area contributed by atoms with Gasteiger partial charge in [-0.25, -0.2) is 0 Å². The van der Waals surface area contributed by atoms with E-state index in [-0.39, 0.29) is 6.61 Å². The maximum Gasteiger partial charge on any atom is 0.131 e. The zero-order valence-corrected chi connectivity index (χ0v) is 10.1. The summed E-state index contributed by atoms with van der Waals surface area (Å²) in [6.45, 7) is 4.74. The number of methoxy groups -OCH3 is 1. The molecule has 0 bridgehead atoms. The number of hydrogen-bond acceptors (Lipinski definition) is 3. The van der Waals surface area contributed by atoms with Crippen LogP contribution in [0.15, 0.2) is 6.20 Å². The van der Waals surface area contributed by atoms with Gasteiger partial charge < -0.3 is 9.84 Å². The molecule has 15 heavy (non-hydrogen) atoms. The third kappa shape index (κ3) is 2.33. The predicted octanol–water partition coefficient (Wildman–Crippen LogP) is 1.80. The smallest absolute Gasteiger partial charge is 0.131 e. The molecule has 0 aliphatic heterocycles.